The number of hydrogen-bond donors (Lipinski definition) is 2. The first kappa shape index (κ1) is 20.0. The van der Waals surface area contributed by atoms with E-state index < -0.39 is 5.54 Å². The summed E-state index contributed by atoms with van der Waals surface area (Å²) in [4.78, 5) is 14.2. The SMILES string of the molecule is COCCn1c(C)nc2ccc(-c3ccn4nc(C5(N)CCC(N)CC5)ncc34)nc21. The van der Waals surface area contributed by atoms with Crippen molar-refractivity contribution in [2.75, 3.05) is 13.7 Å². The van der Waals surface area contributed by atoms with Gasteiger partial charge in [0, 0.05) is 31.5 Å². The number of fused-ring (bicyclic) bond motifs is 2. The summed E-state index contributed by atoms with van der Waals surface area (Å²) in [5.74, 6) is 1.59. The van der Waals surface area contributed by atoms with E-state index in [0.29, 0.717) is 19.0 Å². The summed E-state index contributed by atoms with van der Waals surface area (Å²) in [7, 11) is 1.70. The Morgan fingerprint density at radius 2 is 2.00 bits per heavy atom. The van der Waals surface area contributed by atoms with Crippen molar-refractivity contribution < 1.29 is 4.74 Å². The smallest absolute Gasteiger partial charge is 0.169 e. The zero-order valence-electron chi connectivity index (χ0n) is 18.0. The second kappa shape index (κ2) is 7.67. The van der Waals surface area contributed by atoms with E-state index in [9.17, 15) is 0 Å². The summed E-state index contributed by atoms with van der Waals surface area (Å²) in [5, 5.41) is 4.74. The van der Waals surface area contributed by atoms with Gasteiger partial charge in [0.25, 0.3) is 0 Å². The summed E-state index contributed by atoms with van der Waals surface area (Å²) >= 11 is 0. The van der Waals surface area contributed by atoms with Crippen LogP contribution in [0.1, 0.15) is 37.3 Å². The molecule has 4 aromatic heterocycles. The molecule has 0 spiro atoms. The van der Waals surface area contributed by atoms with Crippen LogP contribution in [-0.2, 0) is 16.8 Å². The average Bonchev–Trinajstić information content (AvgIpc) is 3.33. The standard InChI is InChI=1S/C22H28N8O/c1-14-26-18-4-3-17(27-20(18)29(14)11-12-31-2)16-7-10-30-19(16)13-25-21(28-30)22(24)8-5-15(23)6-9-22/h3-4,7,10,13,15H,5-6,8-9,11-12,23-24H2,1-2H3. The summed E-state index contributed by atoms with van der Waals surface area (Å²) in [5.41, 5.74) is 16.6. The molecule has 4 N–H and O–H groups in total. The number of pyridine rings is 1. The van der Waals surface area contributed by atoms with Gasteiger partial charge in [0.15, 0.2) is 11.5 Å². The van der Waals surface area contributed by atoms with E-state index in [4.69, 9.17) is 26.3 Å². The molecule has 9 heteroatoms. The molecule has 5 rings (SSSR count). The van der Waals surface area contributed by atoms with Gasteiger partial charge in [-0.05, 0) is 50.8 Å². The highest BCUT2D eigenvalue weighted by atomic mass is 16.5. The minimum absolute atomic E-state index is 0.223. The molecule has 1 aliphatic rings. The lowest BCUT2D eigenvalue weighted by Crippen LogP contribution is -2.45. The maximum atomic E-state index is 6.65. The average molecular weight is 421 g/mol. The summed E-state index contributed by atoms with van der Waals surface area (Å²) in [6.45, 7) is 3.30. The van der Waals surface area contributed by atoms with E-state index in [1.165, 1.54) is 0 Å². The largest absolute Gasteiger partial charge is 0.383 e. The van der Waals surface area contributed by atoms with Crippen molar-refractivity contribution in [1.29, 1.82) is 0 Å². The number of aromatic nitrogens is 6. The highest BCUT2D eigenvalue weighted by Gasteiger charge is 2.35. The van der Waals surface area contributed by atoms with E-state index in [1.807, 2.05) is 42.0 Å². The van der Waals surface area contributed by atoms with Crippen LogP contribution in [0.2, 0.25) is 0 Å². The lowest BCUT2D eigenvalue weighted by Gasteiger charge is -2.34. The van der Waals surface area contributed by atoms with Crippen molar-refractivity contribution >= 4 is 16.7 Å². The fourth-order valence-electron chi connectivity index (χ4n) is 4.44. The van der Waals surface area contributed by atoms with Crippen LogP contribution >= 0.6 is 0 Å². The molecule has 162 valence electrons. The molecule has 0 atom stereocenters. The van der Waals surface area contributed by atoms with Gasteiger partial charge in [0.1, 0.15) is 11.3 Å². The van der Waals surface area contributed by atoms with Crippen LogP contribution in [0.15, 0.2) is 30.6 Å². The second-order valence-electron chi connectivity index (χ2n) is 8.48. The van der Waals surface area contributed by atoms with Crippen molar-refractivity contribution in [3.63, 3.8) is 0 Å². The number of aryl methyl sites for hydroxylation is 1. The van der Waals surface area contributed by atoms with Crippen LogP contribution in [-0.4, -0.2) is 48.9 Å². The van der Waals surface area contributed by atoms with Crippen molar-refractivity contribution in [3.8, 4) is 11.3 Å². The zero-order valence-corrected chi connectivity index (χ0v) is 18.0. The Labute approximate surface area is 180 Å². The van der Waals surface area contributed by atoms with Gasteiger partial charge < -0.3 is 20.8 Å². The van der Waals surface area contributed by atoms with E-state index in [-0.39, 0.29) is 6.04 Å². The summed E-state index contributed by atoms with van der Waals surface area (Å²) in [6, 6.07) is 6.24. The monoisotopic (exact) mass is 420 g/mol. The van der Waals surface area contributed by atoms with Crippen molar-refractivity contribution in [3.05, 3.63) is 42.2 Å². The van der Waals surface area contributed by atoms with Crippen molar-refractivity contribution in [2.24, 2.45) is 11.5 Å². The van der Waals surface area contributed by atoms with Crippen LogP contribution in [0.5, 0.6) is 0 Å². The summed E-state index contributed by atoms with van der Waals surface area (Å²) in [6.07, 6.45) is 7.19. The molecule has 31 heavy (non-hydrogen) atoms. The Balaban J connectivity index is 1.53. The molecule has 0 amide bonds. The first-order valence-electron chi connectivity index (χ1n) is 10.7. The van der Waals surface area contributed by atoms with Gasteiger partial charge in [0.05, 0.1) is 29.6 Å². The third-order valence-corrected chi connectivity index (χ3v) is 6.36. The molecule has 0 aromatic carbocycles. The zero-order chi connectivity index (χ0) is 21.6. The van der Waals surface area contributed by atoms with Gasteiger partial charge in [0.2, 0.25) is 0 Å². The number of imidazole rings is 1. The first-order valence-corrected chi connectivity index (χ1v) is 10.7. The molecule has 1 aliphatic carbocycles. The normalized spacial score (nSPS) is 21.9. The molecule has 1 fully saturated rings. The maximum absolute atomic E-state index is 6.65. The van der Waals surface area contributed by atoms with Gasteiger partial charge in [-0.15, -0.1) is 0 Å². The van der Waals surface area contributed by atoms with E-state index >= 15 is 0 Å². The number of hydrogen-bond acceptors (Lipinski definition) is 7. The molecule has 0 saturated heterocycles. The molecule has 0 aliphatic heterocycles. The Morgan fingerprint density at radius 1 is 1.19 bits per heavy atom. The second-order valence-corrected chi connectivity index (χ2v) is 8.48. The van der Waals surface area contributed by atoms with Crippen LogP contribution < -0.4 is 11.5 Å². The molecule has 4 aromatic rings. The predicted octanol–water partition coefficient (Wildman–Crippen LogP) is 2.15. The minimum atomic E-state index is -0.517. The van der Waals surface area contributed by atoms with Gasteiger partial charge in [-0.1, -0.05) is 0 Å². The van der Waals surface area contributed by atoms with E-state index in [2.05, 4.69) is 14.5 Å². The highest BCUT2D eigenvalue weighted by molar-refractivity contribution is 5.82. The van der Waals surface area contributed by atoms with Crippen molar-refractivity contribution in [1.82, 2.24) is 29.1 Å². The number of nitrogens with two attached hydrogens (primary N) is 2. The Kier molecular flexibility index (Phi) is 4.96. The Morgan fingerprint density at radius 3 is 2.77 bits per heavy atom. The molecule has 4 heterocycles. The number of methoxy groups -OCH3 is 1. The molecule has 0 radical (unpaired) electrons. The lowest BCUT2D eigenvalue weighted by atomic mass is 9.80. The minimum Gasteiger partial charge on any atom is -0.383 e. The number of nitrogens with zero attached hydrogens (tertiary/aromatic N) is 6. The van der Waals surface area contributed by atoms with Gasteiger partial charge >= 0.3 is 0 Å². The van der Waals surface area contributed by atoms with Crippen LogP contribution in [0.25, 0.3) is 27.9 Å². The fraction of sp³-hybridized carbons (Fsp3) is 0.455. The van der Waals surface area contributed by atoms with Crippen LogP contribution in [0.4, 0.5) is 0 Å². The third-order valence-electron chi connectivity index (χ3n) is 6.36. The number of ether oxygens (including phenoxy) is 1. The van der Waals surface area contributed by atoms with Gasteiger partial charge in [-0.2, -0.15) is 5.10 Å². The predicted molar refractivity (Wildman–Crippen MR) is 118 cm³/mol. The quantitative estimate of drug-likeness (QED) is 0.507. The maximum Gasteiger partial charge on any atom is 0.169 e. The molecule has 0 bridgehead atoms. The topological polar surface area (TPSA) is 122 Å². The highest BCUT2D eigenvalue weighted by Crippen LogP contribution is 2.33. The third kappa shape index (κ3) is 3.48. The molecule has 1 saturated carbocycles. The molecule has 0 unspecified atom stereocenters. The van der Waals surface area contributed by atoms with Gasteiger partial charge in [-0.25, -0.2) is 19.5 Å². The lowest BCUT2D eigenvalue weighted by molar-refractivity contribution is 0.187. The first-order chi connectivity index (χ1) is 15.0. The van der Waals surface area contributed by atoms with Gasteiger partial charge in [-0.3, -0.25) is 0 Å². The van der Waals surface area contributed by atoms with E-state index in [0.717, 1.165) is 59.4 Å². The Hall–Kier alpha value is -2.88. The molecular weight excluding hydrogens is 392 g/mol. The Bertz CT molecular complexity index is 1240. The fourth-order valence-corrected chi connectivity index (χ4v) is 4.44. The number of rotatable bonds is 5. The molecular formula is C22H28N8O. The van der Waals surface area contributed by atoms with E-state index in [1.54, 1.807) is 7.11 Å². The van der Waals surface area contributed by atoms with Crippen LogP contribution in [0.3, 0.4) is 0 Å². The van der Waals surface area contributed by atoms with Crippen LogP contribution in [0, 0.1) is 6.92 Å². The van der Waals surface area contributed by atoms with Crippen molar-refractivity contribution in [2.45, 2.75) is 50.7 Å². The summed E-state index contributed by atoms with van der Waals surface area (Å²) < 4.78 is 9.17. The molecule has 9 nitrogen and oxygen atoms in total.